The van der Waals surface area contributed by atoms with Gasteiger partial charge in [-0.2, -0.15) is 0 Å². The van der Waals surface area contributed by atoms with Crippen LogP contribution in [0.4, 0.5) is 9.18 Å². The fourth-order valence-electron chi connectivity index (χ4n) is 1.59. The van der Waals surface area contributed by atoms with Gasteiger partial charge in [0.05, 0.1) is 0 Å². The topological polar surface area (TPSA) is 99.0 Å². The highest BCUT2D eigenvalue weighted by molar-refractivity contribution is 5.67. The molecule has 4 N–H and O–H groups in total. The predicted molar refractivity (Wildman–Crippen MR) is 73.3 cm³/mol. The molecule has 7 heteroatoms. The molecule has 0 bridgehead atoms. The maximum Gasteiger partial charge on any atom is 0.407 e. The third-order valence-corrected chi connectivity index (χ3v) is 2.56. The lowest BCUT2D eigenvalue weighted by atomic mass is 10.0. The Balaban J connectivity index is 2.61. The number of benzene rings is 1. The SMILES string of the molecule is CC(C)(C)OC(=O)NCC(O)C(O)c1cccc(F)c1O. The van der Waals surface area contributed by atoms with Crippen LogP contribution in [-0.2, 0) is 4.74 Å². The van der Waals surface area contributed by atoms with Gasteiger partial charge in [0.25, 0.3) is 0 Å². The Morgan fingerprint density at radius 3 is 2.57 bits per heavy atom. The summed E-state index contributed by atoms with van der Waals surface area (Å²) >= 11 is 0. The van der Waals surface area contributed by atoms with Crippen LogP contribution in [0, 0.1) is 5.82 Å². The normalized spacial score (nSPS) is 14.4. The van der Waals surface area contributed by atoms with Crippen LogP contribution in [0.15, 0.2) is 18.2 Å². The number of phenols is 1. The number of phenolic OH excluding ortho intramolecular Hbond substituents is 1. The molecular formula is C14H20FNO5. The van der Waals surface area contributed by atoms with Crippen molar-refractivity contribution >= 4 is 6.09 Å². The number of nitrogens with one attached hydrogen (secondary N) is 1. The number of ether oxygens (including phenoxy) is 1. The number of hydrogen-bond acceptors (Lipinski definition) is 5. The minimum absolute atomic E-state index is 0.159. The van der Waals surface area contributed by atoms with Crippen LogP contribution in [0.1, 0.15) is 32.4 Å². The lowest BCUT2D eigenvalue weighted by Gasteiger charge is -2.22. The Hall–Kier alpha value is -1.86. The maximum absolute atomic E-state index is 13.2. The van der Waals surface area contributed by atoms with Gasteiger partial charge in [-0.3, -0.25) is 0 Å². The van der Waals surface area contributed by atoms with Gasteiger partial charge in [-0.05, 0) is 26.8 Å². The summed E-state index contributed by atoms with van der Waals surface area (Å²) in [6.07, 6.45) is -3.72. The van der Waals surface area contributed by atoms with Crippen LogP contribution >= 0.6 is 0 Å². The third-order valence-electron chi connectivity index (χ3n) is 2.56. The van der Waals surface area contributed by atoms with Gasteiger partial charge in [0.1, 0.15) is 17.8 Å². The quantitative estimate of drug-likeness (QED) is 0.674. The number of hydrogen-bond donors (Lipinski definition) is 4. The van der Waals surface area contributed by atoms with Crippen molar-refractivity contribution in [3.05, 3.63) is 29.6 Å². The number of halogens is 1. The van der Waals surface area contributed by atoms with E-state index in [1.54, 1.807) is 20.8 Å². The lowest BCUT2D eigenvalue weighted by Crippen LogP contribution is -2.38. The van der Waals surface area contributed by atoms with Crippen molar-refractivity contribution in [2.75, 3.05) is 6.54 Å². The van der Waals surface area contributed by atoms with E-state index in [1.165, 1.54) is 12.1 Å². The summed E-state index contributed by atoms with van der Waals surface area (Å²) in [6, 6.07) is 3.60. The average molecular weight is 301 g/mol. The molecule has 2 unspecified atom stereocenters. The van der Waals surface area contributed by atoms with Crippen molar-refractivity contribution in [3.8, 4) is 5.75 Å². The Labute approximate surface area is 122 Å². The number of aromatic hydroxyl groups is 1. The molecule has 21 heavy (non-hydrogen) atoms. The Morgan fingerprint density at radius 1 is 1.38 bits per heavy atom. The Morgan fingerprint density at radius 2 is 2.00 bits per heavy atom. The molecule has 0 aliphatic carbocycles. The minimum Gasteiger partial charge on any atom is -0.505 e. The van der Waals surface area contributed by atoms with Crippen molar-refractivity contribution < 1.29 is 29.2 Å². The smallest absolute Gasteiger partial charge is 0.407 e. The summed E-state index contributed by atoms with van der Waals surface area (Å²) in [7, 11) is 0. The maximum atomic E-state index is 13.2. The second-order valence-corrected chi connectivity index (χ2v) is 5.57. The first-order valence-electron chi connectivity index (χ1n) is 6.42. The summed E-state index contributed by atoms with van der Waals surface area (Å²) in [4.78, 5) is 11.4. The molecule has 1 rings (SSSR count). The van der Waals surface area contributed by atoms with Gasteiger partial charge >= 0.3 is 6.09 Å². The zero-order valence-corrected chi connectivity index (χ0v) is 12.1. The minimum atomic E-state index is -1.55. The number of aliphatic hydroxyl groups excluding tert-OH is 2. The molecule has 0 aliphatic rings. The number of rotatable bonds is 4. The summed E-state index contributed by atoms with van der Waals surface area (Å²) in [5, 5.41) is 31.4. The zero-order chi connectivity index (χ0) is 16.2. The Bertz CT molecular complexity index is 501. The molecule has 1 amide bonds. The van der Waals surface area contributed by atoms with Crippen molar-refractivity contribution in [2.24, 2.45) is 0 Å². The first kappa shape index (κ1) is 17.2. The van der Waals surface area contributed by atoms with Crippen molar-refractivity contribution in [2.45, 2.75) is 38.6 Å². The van der Waals surface area contributed by atoms with Crippen LogP contribution < -0.4 is 5.32 Å². The highest BCUT2D eigenvalue weighted by Gasteiger charge is 2.24. The number of alkyl carbamates (subject to hydrolysis) is 1. The van der Waals surface area contributed by atoms with E-state index in [9.17, 15) is 24.5 Å². The van der Waals surface area contributed by atoms with E-state index in [1.807, 2.05) is 0 Å². The molecule has 0 spiro atoms. The monoisotopic (exact) mass is 301 g/mol. The number of carbonyl (C=O) groups is 1. The molecule has 0 saturated carbocycles. The van der Waals surface area contributed by atoms with E-state index in [4.69, 9.17) is 4.74 Å². The van der Waals surface area contributed by atoms with E-state index in [0.717, 1.165) is 6.07 Å². The van der Waals surface area contributed by atoms with Crippen LogP contribution in [0.3, 0.4) is 0 Å². The third kappa shape index (κ3) is 5.20. The highest BCUT2D eigenvalue weighted by atomic mass is 19.1. The zero-order valence-electron chi connectivity index (χ0n) is 12.1. The number of para-hydroxylation sites is 1. The predicted octanol–water partition coefficient (Wildman–Crippen LogP) is 1.45. The van der Waals surface area contributed by atoms with Crippen LogP contribution in [0.2, 0.25) is 0 Å². The van der Waals surface area contributed by atoms with Crippen LogP contribution in [0.5, 0.6) is 5.75 Å². The van der Waals surface area contributed by atoms with Crippen molar-refractivity contribution in [1.82, 2.24) is 5.32 Å². The van der Waals surface area contributed by atoms with Gasteiger partial charge in [-0.25, -0.2) is 9.18 Å². The van der Waals surface area contributed by atoms with Gasteiger partial charge in [0.15, 0.2) is 11.6 Å². The first-order chi connectivity index (χ1) is 9.61. The van der Waals surface area contributed by atoms with E-state index < -0.39 is 35.5 Å². The van der Waals surface area contributed by atoms with Gasteiger partial charge in [-0.15, -0.1) is 0 Å². The highest BCUT2D eigenvalue weighted by Crippen LogP contribution is 2.28. The molecule has 0 saturated heterocycles. The molecular weight excluding hydrogens is 281 g/mol. The van der Waals surface area contributed by atoms with Crippen LogP contribution in [0.25, 0.3) is 0 Å². The second-order valence-electron chi connectivity index (χ2n) is 5.57. The average Bonchev–Trinajstić information content (AvgIpc) is 2.36. The van der Waals surface area contributed by atoms with Gasteiger partial charge in [-0.1, -0.05) is 12.1 Å². The molecule has 0 aromatic heterocycles. The van der Waals surface area contributed by atoms with E-state index >= 15 is 0 Å². The van der Waals surface area contributed by atoms with Gasteiger partial charge in [0.2, 0.25) is 0 Å². The van der Waals surface area contributed by atoms with Gasteiger partial charge < -0.3 is 25.4 Å². The fourth-order valence-corrected chi connectivity index (χ4v) is 1.59. The number of carbonyl (C=O) groups excluding carboxylic acids is 1. The molecule has 6 nitrogen and oxygen atoms in total. The van der Waals surface area contributed by atoms with Gasteiger partial charge in [0, 0.05) is 12.1 Å². The molecule has 0 heterocycles. The molecule has 0 fully saturated rings. The Kier molecular flexibility index (Phi) is 5.51. The first-order valence-corrected chi connectivity index (χ1v) is 6.42. The molecule has 0 aliphatic heterocycles. The molecule has 1 aromatic rings. The standard InChI is InChI=1S/C14H20FNO5/c1-14(2,3)21-13(20)16-7-10(17)12(19)8-5-4-6-9(15)11(8)18/h4-6,10,12,17-19H,7H2,1-3H3,(H,16,20). The second kappa shape index (κ2) is 6.73. The molecule has 0 radical (unpaired) electrons. The summed E-state index contributed by atoms with van der Waals surface area (Å²) in [5.74, 6) is -1.64. The molecule has 1 aromatic carbocycles. The fraction of sp³-hybridized carbons (Fsp3) is 0.500. The van der Waals surface area contributed by atoms with Crippen LogP contribution in [-0.4, -0.2) is 39.7 Å². The number of aliphatic hydroxyl groups is 2. The van der Waals surface area contributed by atoms with Crippen molar-refractivity contribution in [1.29, 1.82) is 0 Å². The number of amides is 1. The summed E-state index contributed by atoms with van der Waals surface area (Å²) < 4.78 is 18.1. The lowest BCUT2D eigenvalue weighted by molar-refractivity contribution is 0.0117. The van der Waals surface area contributed by atoms with E-state index in [-0.39, 0.29) is 12.1 Å². The van der Waals surface area contributed by atoms with E-state index in [0.29, 0.717) is 0 Å². The molecule has 2 atom stereocenters. The summed E-state index contributed by atoms with van der Waals surface area (Å²) in [5.41, 5.74) is -0.845. The molecule has 118 valence electrons. The van der Waals surface area contributed by atoms with Crippen molar-refractivity contribution in [3.63, 3.8) is 0 Å². The summed E-state index contributed by atoms with van der Waals surface area (Å²) in [6.45, 7) is 4.74. The van der Waals surface area contributed by atoms with E-state index in [2.05, 4.69) is 5.32 Å². The largest absolute Gasteiger partial charge is 0.505 e.